The summed E-state index contributed by atoms with van der Waals surface area (Å²) in [5.74, 6) is 0.900. The van der Waals surface area contributed by atoms with Gasteiger partial charge in [-0.25, -0.2) is 0 Å². The van der Waals surface area contributed by atoms with Gasteiger partial charge in [-0.15, -0.1) is 0 Å². The van der Waals surface area contributed by atoms with Crippen molar-refractivity contribution >= 4 is 17.6 Å². The Bertz CT molecular complexity index is 938. The van der Waals surface area contributed by atoms with E-state index >= 15 is 0 Å². The Morgan fingerprint density at radius 2 is 2.00 bits per heavy atom. The van der Waals surface area contributed by atoms with Crippen LogP contribution in [0.4, 0.5) is 5.69 Å². The number of hydrogen-bond acceptors (Lipinski definition) is 4. The van der Waals surface area contributed by atoms with Gasteiger partial charge in [0.1, 0.15) is 6.54 Å². The molecule has 0 radical (unpaired) electrons. The maximum atomic E-state index is 12.8. The minimum absolute atomic E-state index is 0.0746. The van der Waals surface area contributed by atoms with Gasteiger partial charge in [-0.2, -0.15) is 5.10 Å². The maximum Gasteiger partial charge on any atom is 0.246 e. The van der Waals surface area contributed by atoms with Gasteiger partial charge in [0.05, 0.1) is 18.4 Å². The van der Waals surface area contributed by atoms with Crippen LogP contribution in [-0.4, -0.2) is 76.8 Å². The molecule has 8 heteroatoms. The number of amides is 1. The highest BCUT2D eigenvalue weighted by Gasteiger charge is 2.28. The second kappa shape index (κ2) is 9.51. The molecule has 1 N–H and O–H groups in total. The third kappa shape index (κ3) is 4.90. The number of piperazine rings is 1. The van der Waals surface area contributed by atoms with E-state index in [1.54, 1.807) is 15.8 Å². The Morgan fingerprint density at radius 1 is 1.19 bits per heavy atom. The Labute approximate surface area is 184 Å². The van der Waals surface area contributed by atoms with Gasteiger partial charge in [-0.1, -0.05) is 24.3 Å². The number of guanidine groups is 1. The molecule has 0 saturated carbocycles. The second-order valence-corrected chi connectivity index (χ2v) is 8.37. The van der Waals surface area contributed by atoms with Crippen LogP contribution in [0.1, 0.15) is 25.0 Å². The van der Waals surface area contributed by atoms with Gasteiger partial charge in [0.2, 0.25) is 5.91 Å². The summed E-state index contributed by atoms with van der Waals surface area (Å²) in [4.78, 5) is 24.1. The van der Waals surface area contributed by atoms with E-state index in [-0.39, 0.29) is 5.91 Å². The lowest BCUT2D eigenvalue weighted by Gasteiger charge is -2.36. The number of benzene rings is 1. The monoisotopic (exact) mass is 423 g/mol. The molecule has 4 rings (SSSR count). The molecular weight excluding hydrogens is 390 g/mol. The number of hydrogen-bond donors (Lipinski definition) is 1. The quantitative estimate of drug-likeness (QED) is 0.583. The molecular formula is C23H33N7O. The molecule has 2 aliphatic heterocycles. The minimum atomic E-state index is 0.0746. The van der Waals surface area contributed by atoms with Gasteiger partial charge in [0, 0.05) is 52.0 Å². The molecule has 1 atom stereocenters. The lowest BCUT2D eigenvalue weighted by Crippen LogP contribution is -2.55. The van der Waals surface area contributed by atoms with Gasteiger partial charge in [0.15, 0.2) is 5.96 Å². The number of aromatic nitrogens is 2. The van der Waals surface area contributed by atoms with Gasteiger partial charge >= 0.3 is 0 Å². The average molecular weight is 424 g/mol. The second-order valence-electron chi connectivity index (χ2n) is 8.37. The third-order valence-corrected chi connectivity index (χ3v) is 6.15. The van der Waals surface area contributed by atoms with Crippen LogP contribution in [0.15, 0.2) is 41.7 Å². The SMILES string of the molecule is CCNC(=NCC(C)N1CCc2ccccc2C1)N1CCN(c2cnn(C)c2)C(=O)C1. The molecule has 0 aliphatic carbocycles. The highest BCUT2D eigenvalue weighted by Crippen LogP contribution is 2.20. The highest BCUT2D eigenvalue weighted by molar-refractivity contribution is 5.98. The van der Waals surface area contributed by atoms with E-state index in [0.717, 1.165) is 44.2 Å². The fourth-order valence-corrected chi connectivity index (χ4v) is 4.33. The average Bonchev–Trinajstić information content (AvgIpc) is 3.21. The molecule has 1 unspecified atom stereocenters. The lowest BCUT2D eigenvalue weighted by molar-refractivity contribution is -0.120. The van der Waals surface area contributed by atoms with E-state index in [9.17, 15) is 4.79 Å². The number of anilines is 1. The Balaban J connectivity index is 1.38. The number of nitrogens with one attached hydrogen (secondary N) is 1. The number of rotatable bonds is 5. The third-order valence-electron chi connectivity index (χ3n) is 6.15. The standard InChI is InChI=1S/C23H33N7O/c1-4-24-23(29-11-12-30(22(31)17-29)21-14-26-27(3)16-21)25-13-18(2)28-10-9-19-7-5-6-8-20(19)15-28/h5-8,14,16,18H,4,9-13,15,17H2,1-3H3,(H,24,25). The molecule has 0 bridgehead atoms. The van der Waals surface area contributed by atoms with E-state index in [2.05, 4.69) is 58.3 Å². The van der Waals surface area contributed by atoms with E-state index < -0.39 is 0 Å². The molecule has 1 fully saturated rings. The fourth-order valence-electron chi connectivity index (χ4n) is 4.33. The van der Waals surface area contributed by atoms with Crippen LogP contribution in [0.5, 0.6) is 0 Å². The van der Waals surface area contributed by atoms with Crippen LogP contribution in [0, 0.1) is 0 Å². The van der Waals surface area contributed by atoms with Crippen molar-refractivity contribution in [2.24, 2.45) is 12.0 Å². The molecule has 2 aliphatic rings. The van der Waals surface area contributed by atoms with Crippen molar-refractivity contribution in [3.63, 3.8) is 0 Å². The summed E-state index contributed by atoms with van der Waals surface area (Å²) in [5.41, 5.74) is 3.74. The minimum Gasteiger partial charge on any atom is -0.357 e. The molecule has 1 saturated heterocycles. The number of carbonyl (C=O) groups excluding carboxylic acids is 1. The predicted octanol–water partition coefficient (Wildman–Crippen LogP) is 1.48. The number of nitrogens with zero attached hydrogens (tertiary/aromatic N) is 6. The first-order chi connectivity index (χ1) is 15.0. The number of fused-ring (bicyclic) bond motifs is 1. The van der Waals surface area contributed by atoms with Crippen molar-refractivity contribution in [1.29, 1.82) is 0 Å². The van der Waals surface area contributed by atoms with E-state index in [1.807, 2.05) is 13.2 Å². The Hall–Kier alpha value is -2.87. The zero-order valence-corrected chi connectivity index (χ0v) is 18.8. The van der Waals surface area contributed by atoms with Crippen molar-refractivity contribution < 1.29 is 4.79 Å². The number of carbonyl (C=O) groups is 1. The van der Waals surface area contributed by atoms with Crippen molar-refractivity contribution in [2.45, 2.75) is 32.9 Å². The van der Waals surface area contributed by atoms with Crippen LogP contribution in [0.25, 0.3) is 0 Å². The lowest BCUT2D eigenvalue weighted by atomic mass is 9.99. The topological polar surface area (TPSA) is 69.0 Å². The summed E-state index contributed by atoms with van der Waals surface area (Å²) in [6, 6.07) is 9.06. The van der Waals surface area contributed by atoms with Gasteiger partial charge < -0.3 is 15.1 Å². The number of aryl methyl sites for hydroxylation is 1. The largest absolute Gasteiger partial charge is 0.357 e. The summed E-state index contributed by atoms with van der Waals surface area (Å²) >= 11 is 0. The van der Waals surface area contributed by atoms with Crippen molar-refractivity contribution in [3.05, 3.63) is 47.8 Å². The van der Waals surface area contributed by atoms with Gasteiger partial charge in [0.25, 0.3) is 0 Å². The maximum absolute atomic E-state index is 12.8. The number of aliphatic imine (C=N–C) groups is 1. The molecule has 2 aromatic rings. The van der Waals surface area contributed by atoms with E-state index in [0.29, 0.717) is 25.7 Å². The van der Waals surface area contributed by atoms with Crippen LogP contribution in [0.2, 0.25) is 0 Å². The van der Waals surface area contributed by atoms with Crippen molar-refractivity contribution in [1.82, 2.24) is 24.9 Å². The van der Waals surface area contributed by atoms with Gasteiger partial charge in [-0.3, -0.25) is 19.4 Å². The molecule has 31 heavy (non-hydrogen) atoms. The molecule has 8 nitrogen and oxygen atoms in total. The Kier molecular flexibility index (Phi) is 6.56. The molecule has 1 aromatic heterocycles. The summed E-state index contributed by atoms with van der Waals surface area (Å²) in [6.07, 6.45) is 4.71. The summed E-state index contributed by atoms with van der Waals surface area (Å²) in [6.45, 7) is 9.54. The summed E-state index contributed by atoms with van der Waals surface area (Å²) in [7, 11) is 1.86. The van der Waals surface area contributed by atoms with Crippen molar-refractivity contribution in [2.75, 3.05) is 44.2 Å². The molecule has 3 heterocycles. The van der Waals surface area contributed by atoms with Crippen LogP contribution < -0.4 is 10.2 Å². The first-order valence-corrected chi connectivity index (χ1v) is 11.2. The first kappa shape index (κ1) is 21.4. The smallest absolute Gasteiger partial charge is 0.246 e. The van der Waals surface area contributed by atoms with E-state index in [1.165, 1.54) is 11.1 Å². The highest BCUT2D eigenvalue weighted by atomic mass is 16.2. The molecule has 1 amide bonds. The first-order valence-electron chi connectivity index (χ1n) is 11.2. The van der Waals surface area contributed by atoms with Crippen LogP contribution in [0.3, 0.4) is 0 Å². The van der Waals surface area contributed by atoms with Gasteiger partial charge in [-0.05, 0) is 31.4 Å². The van der Waals surface area contributed by atoms with Crippen LogP contribution in [-0.2, 0) is 24.8 Å². The predicted molar refractivity (Wildman–Crippen MR) is 123 cm³/mol. The van der Waals surface area contributed by atoms with Crippen LogP contribution >= 0.6 is 0 Å². The molecule has 1 aromatic carbocycles. The zero-order chi connectivity index (χ0) is 21.8. The fraction of sp³-hybridized carbons (Fsp3) is 0.522. The van der Waals surface area contributed by atoms with Crippen molar-refractivity contribution in [3.8, 4) is 0 Å². The van der Waals surface area contributed by atoms with E-state index in [4.69, 9.17) is 4.99 Å². The summed E-state index contributed by atoms with van der Waals surface area (Å²) < 4.78 is 1.72. The normalized spacial score (nSPS) is 18.8. The Morgan fingerprint density at radius 3 is 2.71 bits per heavy atom. The molecule has 166 valence electrons. The molecule has 0 spiro atoms. The summed E-state index contributed by atoms with van der Waals surface area (Å²) in [5, 5.41) is 7.56. The zero-order valence-electron chi connectivity index (χ0n) is 18.8.